The fourth-order valence-corrected chi connectivity index (χ4v) is 1.96. The number of halogens is 2. The van der Waals surface area contributed by atoms with E-state index in [-0.39, 0.29) is 11.1 Å². The Labute approximate surface area is 101 Å². The Morgan fingerprint density at radius 2 is 2.22 bits per heavy atom. The number of aliphatic hydroxyl groups excluding tert-OH is 2. The molecule has 1 aromatic rings. The zero-order valence-corrected chi connectivity index (χ0v) is 9.56. The highest BCUT2D eigenvalue weighted by molar-refractivity contribution is 5.24. The van der Waals surface area contributed by atoms with Gasteiger partial charge in [0.1, 0.15) is 24.1 Å². The van der Waals surface area contributed by atoms with Crippen LogP contribution in [0.5, 0.6) is 0 Å². The van der Waals surface area contributed by atoms with Crippen molar-refractivity contribution >= 4 is 0 Å². The van der Waals surface area contributed by atoms with E-state index in [2.05, 4.69) is 4.98 Å². The van der Waals surface area contributed by atoms with Crippen LogP contribution in [-0.4, -0.2) is 40.2 Å². The minimum absolute atomic E-state index is 0.172. The molecule has 1 saturated heterocycles. The molecule has 7 heteroatoms. The summed E-state index contributed by atoms with van der Waals surface area (Å²) >= 11 is 0. The fourth-order valence-electron chi connectivity index (χ4n) is 1.96. The van der Waals surface area contributed by atoms with Crippen molar-refractivity contribution in [1.29, 1.82) is 0 Å². The van der Waals surface area contributed by atoms with Gasteiger partial charge in [0, 0.05) is 11.8 Å². The minimum Gasteiger partial charge on any atom is -0.394 e. The van der Waals surface area contributed by atoms with E-state index >= 15 is 0 Å². The highest BCUT2D eigenvalue weighted by Crippen LogP contribution is 2.36. The van der Waals surface area contributed by atoms with Crippen LogP contribution in [-0.2, 0) is 4.74 Å². The molecule has 0 amide bonds. The summed E-state index contributed by atoms with van der Waals surface area (Å²) in [5.41, 5.74) is -0.955. The van der Waals surface area contributed by atoms with Crippen molar-refractivity contribution in [3.63, 3.8) is 0 Å². The molecular formula is C11H13F2NO4. The average molecular weight is 261 g/mol. The number of rotatable bonds is 2. The number of aliphatic hydroxyl groups is 2. The van der Waals surface area contributed by atoms with E-state index in [1.807, 2.05) is 0 Å². The van der Waals surface area contributed by atoms with Crippen LogP contribution in [0.2, 0.25) is 0 Å². The van der Waals surface area contributed by atoms with Crippen molar-refractivity contribution in [2.75, 3.05) is 6.61 Å². The highest BCUT2D eigenvalue weighted by atomic mass is 19.1. The Balaban J connectivity index is 2.39. The molecule has 0 aliphatic carbocycles. The van der Waals surface area contributed by atoms with Crippen LogP contribution in [0, 0.1) is 12.7 Å². The molecule has 1 aliphatic heterocycles. The van der Waals surface area contributed by atoms with E-state index in [1.54, 1.807) is 0 Å². The molecule has 18 heavy (non-hydrogen) atoms. The number of H-pyrrole nitrogens is 1. The smallest absolute Gasteiger partial charge is 0.253 e. The molecule has 0 saturated carbocycles. The maximum Gasteiger partial charge on any atom is 0.253 e. The van der Waals surface area contributed by atoms with Crippen LogP contribution < -0.4 is 5.56 Å². The van der Waals surface area contributed by atoms with Crippen molar-refractivity contribution < 1.29 is 23.7 Å². The molecule has 2 heterocycles. The minimum atomic E-state index is -1.86. The number of hydrogen-bond acceptors (Lipinski definition) is 4. The fraction of sp³-hybridized carbons (Fsp3) is 0.545. The Hall–Kier alpha value is -1.31. The molecule has 3 N–H and O–H groups in total. The van der Waals surface area contributed by atoms with Crippen LogP contribution in [0.4, 0.5) is 8.78 Å². The standard InChI is InChI=1S/C11H13F2NO4/c1-4-7(12)5(2-14-11(4)17)10-8(13)9(16)6(3-15)18-10/h2,6,8-10,15-16H,3H2,1H3,(H,14,17). The van der Waals surface area contributed by atoms with Gasteiger partial charge >= 0.3 is 0 Å². The van der Waals surface area contributed by atoms with Crippen molar-refractivity contribution in [2.45, 2.75) is 31.4 Å². The lowest BCUT2D eigenvalue weighted by Crippen LogP contribution is -2.30. The predicted octanol–water partition coefficient (Wildman–Crippen LogP) is -0.0464. The number of hydrogen-bond donors (Lipinski definition) is 3. The highest BCUT2D eigenvalue weighted by Gasteiger charge is 2.45. The van der Waals surface area contributed by atoms with Crippen LogP contribution in [0.15, 0.2) is 11.0 Å². The van der Waals surface area contributed by atoms with Gasteiger partial charge in [-0.15, -0.1) is 0 Å². The molecule has 1 fully saturated rings. The molecular weight excluding hydrogens is 248 g/mol. The lowest BCUT2D eigenvalue weighted by Gasteiger charge is -2.14. The largest absolute Gasteiger partial charge is 0.394 e. The third-order valence-electron chi connectivity index (χ3n) is 3.09. The molecule has 1 aromatic heterocycles. The van der Waals surface area contributed by atoms with Crippen molar-refractivity contribution in [1.82, 2.24) is 4.98 Å². The summed E-state index contributed by atoms with van der Waals surface area (Å²) < 4.78 is 32.7. The second-order valence-electron chi connectivity index (χ2n) is 4.22. The Morgan fingerprint density at radius 3 is 2.78 bits per heavy atom. The summed E-state index contributed by atoms with van der Waals surface area (Å²) in [5, 5.41) is 18.3. The van der Waals surface area contributed by atoms with E-state index in [0.717, 1.165) is 6.20 Å². The van der Waals surface area contributed by atoms with Crippen LogP contribution in [0.1, 0.15) is 17.2 Å². The first-order valence-corrected chi connectivity index (χ1v) is 5.43. The maximum atomic E-state index is 13.8. The summed E-state index contributed by atoms with van der Waals surface area (Å²) in [7, 11) is 0. The first-order valence-electron chi connectivity index (χ1n) is 5.43. The third kappa shape index (κ3) is 1.94. The molecule has 5 nitrogen and oxygen atoms in total. The van der Waals surface area contributed by atoms with E-state index in [4.69, 9.17) is 9.84 Å². The molecule has 0 aromatic carbocycles. The quantitative estimate of drug-likeness (QED) is 0.697. The second-order valence-corrected chi connectivity index (χ2v) is 4.22. The van der Waals surface area contributed by atoms with Gasteiger partial charge in [0.2, 0.25) is 0 Å². The van der Waals surface area contributed by atoms with E-state index < -0.39 is 42.5 Å². The van der Waals surface area contributed by atoms with E-state index in [1.165, 1.54) is 6.92 Å². The van der Waals surface area contributed by atoms with Gasteiger partial charge in [0.25, 0.3) is 5.56 Å². The molecule has 0 radical (unpaired) electrons. The number of ether oxygens (including phenoxy) is 1. The van der Waals surface area contributed by atoms with E-state index in [9.17, 15) is 18.7 Å². The summed E-state index contributed by atoms with van der Waals surface area (Å²) in [5.74, 6) is -0.864. The van der Waals surface area contributed by atoms with Gasteiger partial charge in [-0.05, 0) is 6.92 Å². The number of alkyl halides is 1. The third-order valence-corrected chi connectivity index (χ3v) is 3.09. The molecule has 100 valence electrons. The normalized spacial score (nSPS) is 31.8. The lowest BCUT2D eigenvalue weighted by atomic mass is 10.0. The molecule has 1 aliphatic rings. The van der Waals surface area contributed by atoms with Gasteiger partial charge in [0.05, 0.1) is 12.2 Å². The van der Waals surface area contributed by atoms with Crippen molar-refractivity contribution in [2.24, 2.45) is 0 Å². The predicted molar refractivity (Wildman–Crippen MR) is 57.4 cm³/mol. The van der Waals surface area contributed by atoms with Crippen molar-refractivity contribution in [3.05, 3.63) is 33.5 Å². The van der Waals surface area contributed by atoms with Gasteiger partial charge in [-0.1, -0.05) is 0 Å². The number of pyridine rings is 1. The lowest BCUT2D eigenvalue weighted by molar-refractivity contribution is -0.0235. The van der Waals surface area contributed by atoms with Crippen LogP contribution >= 0.6 is 0 Å². The Morgan fingerprint density at radius 1 is 1.56 bits per heavy atom. The van der Waals surface area contributed by atoms with Crippen LogP contribution in [0.25, 0.3) is 0 Å². The first kappa shape index (κ1) is 13.1. The summed E-state index contributed by atoms with van der Waals surface area (Å²) in [6, 6.07) is 0. The Bertz CT molecular complexity index is 504. The van der Waals surface area contributed by atoms with Gasteiger partial charge in [-0.25, -0.2) is 8.78 Å². The monoisotopic (exact) mass is 261 g/mol. The topological polar surface area (TPSA) is 82.5 Å². The molecule has 2 rings (SSSR count). The van der Waals surface area contributed by atoms with Gasteiger partial charge in [-0.3, -0.25) is 4.79 Å². The zero-order valence-electron chi connectivity index (χ0n) is 9.56. The molecule has 4 atom stereocenters. The van der Waals surface area contributed by atoms with E-state index in [0.29, 0.717) is 0 Å². The van der Waals surface area contributed by atoms with Gasteiger partial charge < -0.3 is 19.9 Å². The number of aromatic nitrogens is 1. The van der Waals surface area contributed by atoms with Crippen molar-refractivity contribution in [3.8, 4) is 0 Å². The summed E-state index contributed by atoms with van der Waals surface area (Å²) in [6.45, 7) is 0.696. The van der Waals surface area contributed by atoms with Gasteiger partial charge in [-0.2, -0.15) is 0 Å². The SMILES string of the molecule is Cc1c(F)c(C2OC(CO)C(O)C2F)c[nH]c1=O. The summed E-state index contributed by atoms with van der Waals surface area (Å²) in [4.78, 5) is 13.4. The maximum absolute atomic E-state index is 13.8. The second kappa shape index (κ2) is 4.75. The summed E-state index contributed by atoms with van der Waals surface area (Å²) in [6.07, 6.45) is -4.80. The zero-order chi connectivity index (χ0) is 13.4. The Kier molecular flexibility index (Phi) is 3.47. The molecule has 4 unspecified atom stereocenters. The number of nitrogens with one attached hydrogen (secondary N) is 1. The molecule has 0 bridgehead atoms. The first-order chi connectivity index (χ1) is 8.47. The number of aromatic amines is 1. The average Bonchev–Trinajstić information content (AvgIpc) is 2.64. The molecule has 0 spiro atoms. The van der Waals surface area contributed by atoms with Crippen LogP contribution in [0.3, 0.4) is 0 Å². The van der Waals surface area contributed by atoms with Gasteiger partial charge in [0.15, 0.2) is 6.17 Å².